The second-order valence-electron chi connectivity index (χ2n) is 12.6. The van der Waals surface area contributed by atoms with Crippen molar-refractivity contribution in [1.82, 2.24) is 23.7 Å². The molecule has 0 saturated carbocycles. The summed E-state index contributed by atoms with van der Waals surface area (Å²) in [5.41, 5.74) is 0. The van der Waals surface area contributed by atoms with E-state index in [2.05, 4.69) is 50.1 Å². The average molecular weight is 726 g/mol. The summed E-state index contributed by atoms with van der Waals surface area (Å²) in [5.74, 6) is 1.83. The van der Waals surface area contributed by atoms with Crippen LogP contribution >= 0.6 is 23.9 Å². The highest BCUT2D eigenvalue weighted by Crippen LogP contribution is 2.30. The number of likely N-dealkylation sites (tertiary alicyclic amines) is 1. The van der Waals surface area contributed by atoms with Crippen LogP contribution in [0, 0.1) is 11.8 Å². The van der Waals surface area contributed by atoms with E-state index in [1.807, 2.05) is 51.6 Å². The van der Waals surface area contributed by atoms with Gasteiger partial charge in [-0.1, -0.05) is 58.0 Å². The van der Waals surface area contributed by atoms with E-state index in [4.69, 9.17) is 24.4 Å². The summed E-state index contributed by atoms with van der Waals surface area (Å²) < 4.78 is 21.1. The molecule has 3 heterocycles. The zero-order valence-electron chi connectivity index (χ0n) is 32.2. The fourth-order valence-electron chi connectivity index (χ4n) is 5.78. The van der Waals surface area contributed by atoms with E-state index in [1.54, 1.807) is 0 Å². The maximum atomic E-state index is 11.4. The minimum Gasteiger partial charge on any atom is -0.378 e. The van der Waals surface area contributed by atoms with Gasteiger partial charge in [-0.25, -0.2) is 4.31 Å². The number of aliphatic hydroxyl groups excluding tert-OH is 1. The number of amides is 1. The summed E-state index contributed by atoms with van der Waals surface area (Å²) in [6.45, 7) is 27.6. The Kier molecular flexibility index (Phi) is 31.4. The number of carbonyl (C=O) groups is 1. The lowest BCUT2D eigenvalue weighted by Gasteiger charge is -2.42. The van der Waals surface area contributed by atoms with Gasteiger partial charge in [0.2, 0.25) is 5.91 Å². The molecule has 3 N–H and O–H groups in total. The Hall–Kier alpha value is -0.190. The van der Waals surface area contributed by atoms with Gasteiger partial charge in [0.1, 0.15) is 12.9 Å². The molecular formula is C35H75N5O6S2. The molecule has 0 aromatic heterocycles. The molecule has 0 aliphatic carbocycles. The molecule has 0 aromatic carbocycles. The molecule has 288 valence electrons. The highest BCUT2D eigenvalue weighted by Gasteiger charge is 2.29. The number of ether oxygens (including phenoxy) is 3. The molecule has 3 aliphatic rings. The quantitative estimate of drug-likeness (QED) is 0.113. The van der Waals surface area contributed by atoms with E-state index in [9.17, 15) is 4.79 Å². The van der Waals surface area contributed by atoms with Crippen LogP contribution in [-0.4, -0.2) is 164 Å². The van der Waals surface area contributed by atoms with Gasteiger partial charge in [0.15, 0.2) is 0 Å². The molecule has 3 saturated heterocycles. The van der Waals surface area contributed by atoms with Crippen molar-refractivity contribution < 1.29 is 29.2 Å². The number of hydrogen-bond donors (Lipinski definition) is 3. The maximum absolute atomic E-state index is 11.4. The van der Waals surface area contributed by atoms with Gasteiger partial charge in [0.25, 0.3) is 0 Å². The van der Waals surface area contributed by atoms with E-state index in [0.717, 1.165) is 57.2 Å². The van der Waals surface area contributed by atoms with Crippen molar-refractivity contribution in [2.75, 3.05) is 111 Å². The SMILES string of the molecule is CC.CC(O)O.CCC(C)C1CCN(C2CCN(SC)CC2)CC1.CSN1CCN(CCOCCOCCNC(=O)COC(C)C)CC1. The van der Waals surface area contributed by atoms with Crippen molar-refractivity contribution >= 4 is 29.8 Å². The molecule has 1 atom stereocenters. The molecule has 48 heavy (non-hydrogen) atoms. The van der Waals surface area contributed by atoms with Crippen LogP contribution in [-0.2, 0) is 19.0 Å². The molecule has 13 heteroatoms. The third-order valence-corrected chi connectivity index (χ3v) is 10.6. The Bertz CT molecular complexity index is 719. The number of nitrogens with zero attached hydrogens (tertiary/aromatic N) is 4. The van der Waals surface area contributed by atoms with Crippen LogP contribution in [0.5, 0.6) is 0 Å². The Labute approximate surface area is 303 Å². The van der Waals surface area contributed by atoms with Crippen LogP contribution in [0.4, 0.5) is 0 Å². The van der Waals surface area contributed by atoms with Crippen LogP contribution in [0.2, 0.25) is 0 Å². The Morgan fingerprint density at radius 2 is 1.31 bits per heavy atom. The first kappa shape index (κ1) is 47.8. The Morgan fingerprint density at radius 3 is 1.81 bits per heavy atom. The lowest BCUT2D eigenvalue weighted by Crippen LogP contribution is -2.46. The topological polar surface area (TPSA) is 110 Å². The minimum absolute atomic E-state index is 0.0681. The molecule has 0 bridgehead atoms. The fourth-order valence-corrected chi connectivity index (χ4v) is 6.89. The summed E-state index contributed by atoms with van der Waals surface area (Å²) >= 11 is 3.74. The van der Waals surface area contributed by atoms with Crippen molar-refractivity contribution in [1.29, 1.82) is 0 Å². The standard InChI is InChI=1S/C16H33N3O4S.C15H30N2S.C2H6O2.C2H6/c1-15(2)23-14-16(20)17-4-10-21-12-13-22-11-9-18-5-7-19(24-3)8-6-18;1-4-13(2)14-5-9-16(10-6-14)15-7-11-17(18-3)12-8-15;1-2(3)4;1-2/h15H,4-14H2,1-3H3,(H,17,20);13-15H,4-12H2,1-3H3;2-4H,1H3;1-2H3. The van der Waals surface area contributed by atoms with Crippen molar-refractivity contribution in [2.45, 2.75) is 99.0 Å². The predicted molar refractivity (Wildman–Crippen MR) is 204 cm³/mol. The zero-order valence-corrected chi connectivity index (χ0v) is 33.8. The molecular weight excluding hydrogens is 651 g/mol. The molecule has 0 radical (unpaired) electrons. The summed E-state index contributed by atoms with van der Waals surface area (Å²) in [7, 11) is 0. The Balaban J connectivity index is 0.000000810. The third-order valence-electron chi connectivity index (χ3n) is 8.85. The van der Waals surface area contributed by atoms with Gasteiger partial charge >= 0.3 is 0 Å². The van der Waals surface area contributed by atoms with Crippen LogP contribution in [0.15, 0.2) is 0 Å². The normalized spacial score (nSPS) is 19.5. The van der Waals surface area contributed by atoms with E-state index in [1.165, 1.54) is 65.2 Å². The lowest BCUT2D eigenvalue weighted by molar-refractivity contribution is -0.127. The van der Waals surface area contributed by atoms with E-state index < -0.39 is 6.29 Å². The summed E-state index contributed by atoms with van der Waals surface area (Å²) in [5, 5.41) is 18.0. The van der Waals surface area contributed by atoms with Gasteiger partial charge in [0, 0.05) is 58.4 Å². The molecule has 0 spiro atoms. The number of nitrogens with one attached hydrogen (secondary N) is 1. The van der Waals surface area contributed by atoms with Gasteiger partial charge in [-0.05, 0) is 83.9 Å². The van der Waals surface area contributed by atoms with E-state index in [0.29, 0.717) is 26.4 Å². The van der Waals surface area contributed by atoms with Crippen molar-refractivity contribution in [3.63, 3.8) is 0 Å². The zero-order chi connectivity index (χ0) is 36.2. The van der Waals surface area contributed by atoms with Gasteiger partial charge in [0.05, 0.1) is 32.5 Å². The van der Waals surface area contributed by atoms with Gasteiger partial charge in [-0.3, -0.25) is 14.0 Å². The first-order valence-corrected chi connectivity index (χ1v) is 20.9. The van der Waals surface area contributed by atoms with Crippen LogP contribution in [0.1, 0.15) is 80.6 Å². The second kappa shape index (κ2) is 31.5. The summed E-state index contributed by atoms with van der Waals surface area (Å²) in [6, 6.07) is 0.881. The molecule has 3 fully saturated rings. The molecule has 11 nitrogen and oxygen atoms in total. The minimum atomic E-state index is -1.17. The number of piperidine rings is 2. The molecule has 1 unspecified atom stereocenters. The summed E-state index contributed by atoms with van der Waals surface area (Å²) in [4.78, 5) is 16.6. The number of rotatable bonds is 17. The third kappa shape index (κ3) is 24.9. The smallest absolute Gasteiger partial charge is 0.246 e. The molecule has 1 amide bonds. The van der Waals surface area contributed by atoms with Crippen molar-refractivity contribution in [3.8, 4) is 0 Å². The number of piperazine rings is 1. The van der Waals surface area contributed by atoms with Crippen molar-refractivity contribution in [2.24, 2.45) is 11.8 Å². The lowest BCUT2D eigenvalue weighted by atomic mass is 9.83. The van der Waals surface area contributed by atoms with Crippen LogP contribution < -0.4 is 5.32 Å². The van der Waals surface area contributed by atoms with Crippen LogP contribution in [0.25, 0.3) is 0 Å². The fraction of sp³-hybridized carbons (Fsp3) is 0.971. The second-order valence-corrected chi connectivity index (χ2v) is 14.4. The van der Waals surface area contributed by atoms with Gasteiger partial charge in [-0.15, -0.1) is 0 Å². The molecule has 3 rings (SSSR count). The number of carbonyl (C=O) groups excluding carboxylic acids is 1. The van der Waals surface area contributed by atoms with Gasteiger partial charge < -0.3 is 34.6 Å². The molecule has 3 aliphatic heterocycles. The predicted octanol–water partition coefficient (Wildman–Crippen LogP) is 4.29. The maximum Gasteiger partial charge on any atom is 0.246 e. The number of aliphatic hydroxyl groups is 2. The van der Waals surface area contributed by atoms with E-state index >= 15 is 0 Å². The monoisotopic (exact) mass is 726 g/mol. The summed E-state index contributed by atoms with van der Waals surface area (Å²) in [6.07, 6.45) is 10.2. The first-order chi connectivity index (χ1) is 23.1. The highest BCUT2D eigenvalue weighted by atomic mass is 32.2. The van der Waals surface area contributed by atoms with Crippen LogP contribution in [0.3, 0.4) is 0 Å². The van der Waals surface area contributed by atoms with Gasteiger partial charge in [-0.2, -0.15) is 0 Å². The molecule has 0 aromatic rings. The number of hydrogen-bond acceptors (Lipinski definition) is 12. The average Bonchev–Trinajstić information content (AvgIpc) is 3.11. The largest absolute Gasteiger partial charge is 0.378 e. The van der Waals surface area contributed by atoms with E-state index in [-0.39, 0.29) is 18.6 Å². The first-order valence-electron chi connectivity index (χ1n) is 18.5. The highest BCUT2D eigenvalue weighted by molar-refractivity contribution is 7.96. The Morgan fingerprint density at radius 1 is 0.792 bits per heavy atom. The van der Waals surface area contributed by atoms with Crippen molar-refractivity contribution in [3.05, 3.63) is 0 Å².